The number of rotatable bonds is 6. The molecule has 0 unspecified atom stereocenters. The summed E-state index contributed by atoms with van der Waals surface area (Å²) >= 11 is 4.60. The minimum atomic E-state index is -3.95. The number of aryl methyl sites for hydroxylation is 1. The molecular weight excluding hydrogens is 454 g/mol. The molecule has 1 heterocycles. The van der Waals surface area contributed by atoms with Crippen LogP contribution in [0.15, 0.2) is 27.6 Å². The van der Waals surface area contributed by atoms with Gasteiger partial charge < -0.3 is 9.47 Å². The number of carbonyl (C=O) groups excluding carboxylic acids is 1. The molecule has 0 aliphatic heterocycles. The van der Waals surface area contributed by atoms with Crippen molar-refractivity contribution in [3.05, 3.63) is 38.7 Å². The molecule has 3 rings (SSSR count). The molecule has 1 aliphatic carbocycles. The summed E-state index contributed by atoms with van der Waals surface area (Å²) < 4.78 is 39.6. The van der Waals surface area contributed by atoms with Crippen LogP contribution in [0.1, 0.15) is 40.6 Å². The van der Waals surface area contributed by atoms with Crippen molar-refractivity contribution in [3.63, 3.8) is 0 Å². The molecule has 0 amide bonds. The highest BCUT2D eigenvalue weighted by Gasteiger charge is 2.30. The largest absolute Gasteiger partial charge is 0.495 e. The lowest BCUT2D eigenvalue weighted by atomic mass is 9.95. The summed E-state index contributed by atoms with van der Waals surface area (Å²) in [5.74, 6) is -0.263. The van der Waals surface area contributed by atoms with Crippen LogP contribution in [0, 0.1) is 0 Å². The average Bonchev–Trinajstić information content (AvgIpc) is 2.99. The first-order chi connectivity index (χ1) is 12.9. The smallest absolute Gasteiger partial charge is 0.341 e. The fourth-order valence-corrected chi connectivity index (χ4v) is 6.39. The van der Waals surface area contributed by atoms with Crippen molar-refractivity contribution in [1.82, 2.24) is 0 Å². The summed E-state index contributed by atoms with van der Waals surface area (Å²) in [5, 5.41) is 0.308. The first kappa shape index (κ1) is 20.2. The van der Waals surface area contributed by atoms with Gasteiger partial charge in [-0.1, -0.05) is 15.9 Å². The first-order valence-electron chi connectivity index (χ1n) is 8.55. The second-order valence-electron chi connectivity index (χ2n) is 6.04. The molecule has 146 valence electrons. The van der Waals surface area contributed by atoms with E-state index in [-0.39, 0.29) is 17.3 Å². The predicted molar refractivity (Wildman–Crippen MR) is 108 cm³/mol. The quantitative estimate of drug-likeness (QED) is 0.629. The number of thiophene rings is 1. The third kappa shape index (κ3) is 4.14. The van der Waals surface area contributed by atoms with Crippen molar-refractivity contribution in [2.75, 3.05) is 18.4 Å². The van der Waals surface area contributed by atoms with Crippen LogP contribution in [0.4, 0.5) is 5.00 Å². The van der Waals surface area contributed by atoms with E-state index in [1.807, 2.05) is 0 Å². The van der Waals surface area contributed by atoms with Gasteiger partial charge in [0.25, 0.3) is 10.0 Å². The number of benzene rings is 1. The second-order valence-corrected chi connectivity index (χ2v) is 9.71. The zero-order valence-corrected chi connectivity index (χ0v) is 18.2. The van der Waals surface area contributed by atoms with E-state index in [2.05, 4.69) is 20.7 Å². The molecule has 6 nitrogen and oxygen atoms in total. The van der Waals surface area contributed by atoms with Crippen LogP contribution in [-0.4, -0.2) is 28.1 Å². The molecule has 27 heavy (non-hydrogen) atoms. The fraction of sp³-hybridized carbons (Fsp3) is 0.389. The van der Waals surface area contributed by atoms with Crippen molar-refractivity contribution in [2.24, 2.45) is 0 Å². The van der Waals surface area contributed by atoms with E-state index >= 15 is 0 Å². The normalized spacial score (nSPS) is 13.7. The average molecular weight is 474 g/mol. The maximum atomic E-state index is 13.0. The molecule has 0 saturated heterocycles. The Balaban J connectivity index is 2.06. The molecule has 0 fully saturated rings. The Hall–Kier alpha value is -1.58. The molecule has 9 heteroatoms. The van der Waals surface area contributed by atoms with Crippen LogP contribution < -0.4 is 9.46 Å². The number of esters is 1. The van der Waals surface area contributed by atoms with Gasteiger partial charge >= 0.3 is 5.97 Å². The van der Waals surface area contributed by atoms with Gasteiger partial charge in [-0.2, -0.15) is 0 Å². The van der Waals surface area contributed by atoms with E-state index in [0.717, 1.165) is 36.1 Å². The zero-order valence-electron chi connectivity index (χ0n) is 15.0. The Kier molecular flexibility index (Phi) is 6.12. The second kappa shape index (κ2) is 8.20. The molecule has 1 aliphatic rings. The number of halogens is 1. The van der Waals surface area contributed by atoms with Crippen LogP contribution in [0.3, 0.4) is 0 Å². The van der Waals surface area contributed by atoms with E-state index < -0.39 is 16.0 Å². The number of carbonyl (C=O) groups is 1. The van der Waals surface area contributed by atoms with Crippen LogP contribution in [0.5, 0.6) is 5.75 Å². The molecule has 0 bridgehead atoms. The van der Waals surface area contributed by atoms with E-state index in [9.17, 15) is 13.2 Å². The van der Waals surface area contributed by atoms with Gasteiger partial charge in [-0.15, -0.1) is 11.3 Å². The topological polar surface area (TPSA) is 81.7 Å². The Labute approximate surface area is 171 Å². The third-order valence-corrected chi connectivity index (χ3v) is 7.49. The van der Waals surface area contributed by atoms with Gasteiger partial charge in [0, 0.05) is 9.35 Å². The minimum absolute atomic E-state index is 0.000515. The highest BCUT2D eigenvalue weighted by Crippen LogP contribution is 2.40. The van der Waals surface area contributed by atoms with Gasteiger partial charge in [0.15, 0.2) is 0 Å². The Morgan fingerprint density at radius 3 is 2.74 bits per heavy atom. The molecule has 1 N–H and O–H groups in total. The predicted octanol–water partition coefficient (Wildman–Crippen LogP) is 4.38. The van der Waals surface area contributed by atoms with Crippen LogP contribution in [0.25, 0.3) is 0 Å². The van der Waals surface area contributed by atoms with Gasteiger partial charge in [0.2, 0.25) is 0 Å². The van der Waals surface area contributed by atoms with Gasteiger partial charge in [-0.25, -0.2) is 13.2 Å². The molecule has 0 radical (unpaired) electrons. The summed E-state index contributed by atoms with van der Waals surface area (Å²) in [4.78, 5) is 13.6. The van der Waals surface area contributed by atoms with E-state index in [4.69, 9.17) is 9.47 Å². The van der Waals surface area contributed by atoms with Crippen LogP contribution >= 0.6 is 27.3 Å². The lowest BCUT2D eigenvalue weighted by molar-refractivity contribution is 0.0526. The summed E-state index contributed by atoms with van der Waals surface area (Å²) in [6.07, 6.45) is 3.60. The SMILES string of the molecule is CCOC(=O)c1c(NS(=O)(=O)c2cc(Br)ccc2OC)sc2c1CCCC2. The molecule has 2 aromatic rings. The third-order valence-electron chi connectivity index (χ3n) is 4.29. The first-order valence-corrected chi connectivity index (χ1v) is 11.6. The number of nitrogens with one attached hydrogen (secondary N) is 1. The highest BCUT2D eigenvalue weighted by molar-refractivity contribution is 9.10. The lowest BCUT2D eigenvalue weighted by Gasteiger charge is -2.13. The monoisotopic (exact) mass is 473 g/mol. The van der Waals surface area contributed by atoms with Gasteiger partial charge in [0.05, 0.1) is 19.3 Å². The number of anilines is 1. The number of hydrogen-bond donors (Lipinski definition) is 1. The summed E-state index contributed by atoms with van der Waals surface area (Å²) in [6.45, 7) is 1.96. The molecule has 0 saturated carbocycles. The van der Waals surface area contributed by atoms with Crippen molar-refractivity contribution in [3.8, 4) is 5.75 Å². The van der Waals surface area contributed by atoms with Crippen molar-refractivity contribution in [1.29, 1.82) is 0 Å². The zero-order chi connectivity index (χ0) is 19.6. The minimum Gasteiger partial charge on any atom is -0.495 e. The van der Waals surface area contributed by atoms with Crippen molar-refractivity contribution >= 4 is 48.3 Å². The molecule has 0 spiro atoms. The Morgan fingerprint density at radius 2 is 2.04 bits per heavy atom. The van der Waals surface area contributed by atoms with Gasteiger partial charge in [-0.05, 0) is 56.4 Å². The number of hydrogen-bond acceptors (Lipinski definition) is 6. The van der Waals surface area contributed by atoms with E-state index in [0.29, 0.717) is 15.0 Å². The Bertz CT molecular complexity index is 968. The number of fused-ring (bicyclic) bond motifs is 1. The van der Waals surface area contributed by atoms with Gasteiger partial charge in [-0.3, -0.25) is 4.72 Å². The fourth-order valence-electron chi connectivity index (χ4n) is 3.09. The van der Waals surface area contributed by atoms with Gasteiger partial charge in [0.1, 0.15) is 15.6 Å². The standard InChI is InChI=1S/C18H20BrNO5S2/c1-3-25-18(21)16-12-6-4-5-7-14(12)26-17(16)20-27(22,23)15-10-11(19)8-9-13(15)24-2/h8-10,20H,3-7H2,1-2H3. The van der Waals surface area contributed by atoms with Crippen molar-refractivity contribution in [2.45, 2.75) is 37.5 Å². The van der Waals surface area contributed by atoms with Crippen molar-refractivity contribution < 1.29 is 22.7 Å². The lowest BCUT2D eigenvalue weighted by Crippen LogP contribution is -2.17. The summed E-state index contributed by atoms with van der Waals surface area (Å²) in [5.41, 5.74) is 1.25. The maximum absolute atomic E-state index is 13.0. The Morgan fingerprint density at radius 1 is 1.30 bits per heavy atom. The number of ether oxygens (including phenoxy) is 2. The molecule has 0 atom stereocenters. The summed E-state index contributed by atoms with van der Waals surface area (Å²) in [6, 6.07) is 4.74. The molecule has 1 aromatic carbocycles. The highest BCUT2D eigenvalue weighted by atomic mass is 79.9. The van der Waals surface area contributed by atoms with Crippen LogP contribution in [0.2, 0.25) is 0 Å². The number of sulfonamides is 1. The van der Waals surface area contributed by atoms with Crippen LogP contribution in [-0.2, 0) is 27.6 Å². The number of methoxy groups -OCH3 is 1. The maximum Gasteiger partial charge on any atom is 0.341 e. The molecular formula is C18H20BrNO5S2. The summed E-state index contributed by atoms with van der Waals surface area (Å²) in [7, 11) is -2.54. The van der Waals surface area contributed by atoms with E-state index in [1.54, 1.807) is 19.1 Å². The van der Waals surface area contributed by atoms with E-state index in [1.165, 1.54) is 24.5 Å². The molecule has 1 aromatic heterocycles.